The van der Waals surface area contributed by atoms with Crippen molar-refractivity contribution in [2.45, 2.75) is 52.5 Å². The third-order valence-electron chi connectivity index (χ3n) is 3.47. The van der Waals surface area contributed by atoms with Gasteiger partial charge < -0.3 is 5.73 Å². The van der Waals surface area contributed by atoms with Crippen LogP contribution in [0.3, 0.4) is 0 Å². The van der Waals surface area contributed by atoms with Gasteiger partial charge in [-0.3, -0.25) is 4.79 Å². The molecule has 82 valence electrons. The van der Waals surface area contributed by atoms with E-state index in [1.807, 2.05) is 13.8 Å². The first kappa shape index (κ1) is 11.7. The average Bonchev–Trinajstić information content (AvgIpc) is 2.16. The SMILES string of the molecule is CC1CCC(C(N)C(=O)C(C)C)CC1. The largest absolute Gasteiger partial charge is 0.321 e. The van der Waals surface area contributed by atoms with Crippen LogP contribution in [-0.4, -0.2) is 11.8 Å². The summed E-state index contributed by atoms with van der Waals surface area (Å²) in [5.74, 6) is 1.60. The first-order valence-corrected chi connectivity index (χ1v) is 5.81. The summed E-state index contributed by atoms with van der Waals surface area (Å²) in [6, 6.07) is -0.206. The van der Waals surface area contributed by atoms with E-state index >= 15 is 0 Å². The van der Waals surface area contributed by atoms with E-state index in [1.165, 1.54) is 12.8 Å². The van der Waals surface area contributed by atoms with Gasteiger partial charge in [0.2, 0.25) is 0 Å². The topological polar surface area (TPSA) is 43.1 Å². The Balaban J connectivity index is 2.45. The second-order valence-corrected chi connectivity index (χ2v) is 5.10. The van der Waals surface area contributed by atoms with Crippen LogP contribution in [0.4, 0.5) is 0 Å². The number of nitrogens with two attached hydrogens (primary N) is 1. The van der Waals surface area contributed by atoms with E-state index in [0.29, 0.717) is 5.92 Å². The molecule has 1 aliphatic carbocycles. The number of hydrogen-bond acceptors (Lipinski definition) is 2. The van der Waals surface area contributed by atoms with Gasteiger partial charge in [-0.25, -0.2) is 0 Å². The number of ketones is 1. The normalized spacial score (nSPS) is 30.4. The average molecular weight is 197 g/mol. The first-order valence-electron chi connectivity index (χ1n) is 5.81. The van der Waals surface area contributed by atoms with Crippen molar-refractivity contribution in [1.82, 2.24) is 0 Å². The maximum atomic E-state index is 11.7. The van der Waals surface area contributed by atoms with Crippen LogP contribution in [0.2, 0.25) is 0 Å². The van der Waals surface area contributed by atoms with Crippen molar-refractivity contribution < 1.29 is 4.79 Å². The molecule has 1 fully saturated rings. The Morgan fingerprint density at radius 3 is 2.14 bits per heavy atom. The lowest BCUT2D eigenvalue weighted by molar-refractivity contribution is -0.124. The molecule has 2 heteroatoms. The van der Waals surface area contributed by atoms with Crippen molar-refractivity contribution >= 4 is 5.78 Å². The van der Waals surface area contributed by atoms with Crippen LogP contribution in [0.15, 0.2) is 0 Å². The predicted molar refractivity (Wildman–Crippen MR) is 58.9 cm³/mol. The summed E-state index contributed by atoms with van der Waals surface area (Å²) >= 11 is 0. The molecule has 0 saturated heterocycles. The minimum Gasteiger partial charge on any atom is -0.321 e. The molecule has 0 heterocycles. The molecule has 1 saturated carbocycles. The fourth-order valence-corrected chi connectivity index (χ4v) is 2.26. The Kier molecular flexibility index (Phi) is 4.11. The van der Waals surface area contributed by atoms with Gasteiger partial charge >= 0.3 is 0 Å². The molecule has 1 atom stereocenters. The lowest BCUT2D eigenvalue weighted by Crippen LogP contribution is -2.41. The molecule has 0 aromatic heterocycles. The highest BCUT2D eigenvalue weighted by Crippen LogP contribution is 2.30. The fraction of sp³-hybridized carbons (Fsp3) is 0.917. The summed E-state index contributed by atoms with van der Waals surface area (Å²) in [5, 5.41) is 0. The van der Waals surface area contributed by atoms with Crippen LogP contribution >= 0.6 is 0 Å². The van der Waals surface area contributed by atoms with Crippen molar-refractivity contribution in [3.05, 3.63) is 0 Å². The zero-order valence-corrected chi connectivity index (χ0v) is 9.62. The van der Waals surface area contributed by atoms with E-state index in [1.54, 1.807) is 0 Å². The van der Waals surface area contributed by atoms with Gasteiger partial charge in [0, 0.05) is 5.92 Å². The van der Waals surface area contributed by atoms with E-state index in [9.17, 15) is 4.79 Å². The summed E-state index contributed by atoms with van der Waals surface area (Å²) in [7, 11) is 0. The highest BCUT2D eigenvalue weighted by Gasteiger charge is 2.28. The number of rotatable bonds is 3. The van der Waals surface area contributed by atoms with Gasteiger partial charge in [0.05, 0.1) is 6.04 Å². The lowest BCUT2D eigenvalue weighted by Gasteiger charge is -2.30. The minimum absolute atomic E-state index is 0.0874. The second-order valence-electron chi connectivity index (χ2n) is 5.10. The molecule has 2 nitrogen and oxygen atoms in total. The van der Waals surface area contributed by atoms with Crippen molar-refractivity contribution in [2.24, 2.45) is 23.5 Å². The van der Waals surface area contributed by atoms with Gasteiger partial charge in [0.25, 0.3) is 0 Å². The highest BCUT2D eigenvalue weighted by atomic mass is 16.1. The Hall–Kier alpha value is -0.370. The molecule has 0 spiro atoms. The van der Waals surface area contributed by atoms with E-state index in [4.69, 9.17) is 5.73 Å². The Labute approximate surface area is 87.2 Å². The molecule has 0 aromatic carbocycles. The number of carbonyl (C=O) groups excluding carboxylic acids is 1. The molecule has 14 heavy (non-hydrogen) atoms. The summed E-state index contributed by atoms with van der Waals surface area (Å²) in [6.45, 7) is 6.16. The predicted octanol–water partition coefficient (Wildman–Crippen LogP) is 2.37. The zero-order chi connectivity index (χ0) is 10.7. The van der Waals surface area contributed by atoms with Crippen LogP contribution in [0, 0.1) is 17.8 Å². The van der Waals surface area contributed by atoms with Gasteiger partial charge in [-0.05, 0) is 24.7 Å². The quantitative estimate of drug-likeness (QED) is 0.754. The summed E-state index contributed by atoms with van der Waals surface area (Å²) in [4.78, 5) is 11.7. The van der Waals surface area contributed by atoms with Crippen LogP contribution in [0.25, 0.3) is 0 Å². The number of hydrogen-bond donors (Lipinski definition) is 1. The van der Waals surface area contributed by atoms with Crippen LogP contribution in [-0.2, 0) is 4.79 Å². The van der Waals surface area contributed by atoms with E-state index in [-0.39, 0.29) is 17.7 Å². The molecule has 0 aliphatic heterocycles. The highest BCUT2D eigenvalue weighted by molar-refractivity contribution is 5.85. The molecule has 0 aromatic rings. The third-order valence-corrected chi connectivity index (χ3v) is 3.47. The van der Waals surface area contributed by atoms with E-state index in [2.05, 4.69) is 6.92 Å². The van der Waals surface area contributed by atoms with Crippen LogP contribution < -0.4 is 5.73 Å². The van der Waals surface area contributed by atoms with Crippen molar-refractivity contribution in [3.63, 3.8) is 0 Å². The Bertz CT molecular complexity index is 192. The summed E-state index contributed by atoms with van der Waals surface area (Å²) in [6.07, 6.45) is 4.76. The maximum absolute atomic E-state index is 11.7. The monoisotopic (exact) mass is 197 g/mol. The fourth-order valence-electron chi connectivity index (χ4n) is 2.26. The summed E-state index contributed by atoms with van der Waals surface area (Å²) < 4.78 is 0. The zero-order valence-electron chi connectivity index (χ0n) is 9.62. The van der Waals surface area contributed by atoms with Gasteiger partial charge in [-0.2, -0.15) is 0 Å². The van der Waals surface area contributed by atoms with Crippen LogP contribution in [0.5, 0.6) is 0 Å². The minimum atomic E-state index is -0.206. The maximum Gasteiger partial charge on any atom is 0.152 e. The first-order chi connectivity index (χ1) is 6.52. The molecule has 2 N–H and O–H groups in total. The molecule has 1 unspecified atom stereocenters. The molecule has 1 rings (SSSR count). The van der Waals surface area contributed by atoms with E-state index in [0.717, 1.165) is 18.8 Å². The van der Waals surface area contributed by atoms with Crippen molar-refractivity contribution in [1.29, 1.82) is 0 Å². The smallest absolute Gasteiger partial charge is 0.152 e. The molecule has 1 aliphatic rings. The summed E-state index contributed by atoms with van der Waals surface area (Å²) in [5.41, 5.74) is 5.99. The number of carbonyl (C=O) groups is 1. The van der Waals surface area contributed by atoms with Gasteiger partial charge in [-0.15, -0.1) is 0 Å². The number of Topliss-reactive ketones (excluding diaryl/α,β-unsaturated/α-hetero) is 1. The standard InChI is InChI=1S/C12H23NO/c1-8(2)12(14)11(13)10-6-4-9(3)5-7-10/h8-11H,4-7,13H2,1-3H3. The third kappa shape index (κ3) is 2.81. The van der Waals surface area contributed by atoms with Crippen molar-refractivity contribution in [2.75, 3.05) is 0 Å². The van der Waals surface area contributed by atoms with Crippen molar-refractivity contribution in [3.8, 4) is 0 Å². The Morgan fingerprint density at radius 1 is 1.21 bits per heavy atom. The molecular formula is C12H23NO. The molecular weight excluding hydrogens is 174 g/mol. The van der Waals surface area contributed by atoms with Gasteiger partial charge in [0.15, 0.2) is 5.78 Å². The Morgan fingerprint density at radius 2 is 1.71 bits per heavy atom. The van der Waals surface area contributed by atoms with Crippen LogP contribution in [0.1, 0.15) is 46.5 Å². The molecule has 0 bridgehead atoms. The van der Waals surface area contributed by atoms with Gasteiger partial charge in [-0.1, -0.05) is 33.6 Å². The van der Waals surface area contributed by atoms with E-state index < -0.39 is 0 Å². The lowest BCUT2D eigenvalue weighted by atomic mass is 9.77. The molecule has 0 radical (unpaired) electrons. The second kappa shape index (κ2) is 4.92. The molecule has 0 amide bonds. The van der Waals surface area contributed by atoms with Gasteiger partial charge in [0.1, 0.15) is 0 Å².